The summed E-state index contributed by atoms with van der Waals surface area (Å²) < 4.78 is 20.4. The summed E-state index contributed by atoms with van der Waals surface area (Å²) in [5, 5.41) is 9.13. The molecule has 128 valence electrons. The van der Waals surface area contributed by atoms with E-state index < -0.39 is 0 Å². The molecule has 5 rings (SSSR count). The van der Waals surface area contributed by atoms with E-state index in [0.29, 0.717) is 29.2 Å². The Morgan fingerprint density at radius 1 is 1.19 bits per heavy atom. The molecule has 4 heterocycles. The molecule has 0 unspecified atom stereocenters. The van der Waals surface area contributed by atoms with Gasteiger partial charge in [0.15, 0.2) is 16.9 Å². The van der Waals surface area contributed by atoms with Crippen LogP contribution < -0.4 is 5.73 Å². The summed E-state index contributed by atoms with van der Waals surface area (Å²) in [5.74, 6) is 0.362. The fraction of sp³-hybridized carbons (Fsp3) is 0.0588. The highest BCUT2D eigenvalue weighted by Gasteiger charge is 2.17. The van der Waals surface area contributed by atoms with Crippen LogP contribution in [0.4, 0.5) is 10.3 Å². The third kappa shape index (κ3) is 2.29. The number of nitrogens with two attached hydrogens (primary N) is 1. The first-order valence-corrected chi connectivity index (χ1v) is 7.85. The van der Waals surface area contributed by atoms with Crippen LogP contribution in [0.15, 0.2) is 47.1 Å². The lowest BCUT2D eigenvalue weighted by Gasteiger charge is -2.02. The molecule has 0 spiro atoms. The monoisotopic (exact) mass is 349 g/mol. The smallest absolute Gasteiger partial charge is 0.222 e. The molecule has 0 aliphatic carbocycles. The summed E-state index contributed by atoms with van der Waals surface area (Å²) in [7, 11) is 0. The Balaban J connectivity index is 1.60. The highest BCUT2D eigenvalue weighted by molar-refractivity contribution is 5.86. The zero-order valence-electron chi connectivity index (χ0n) is 13.3. The Kier molecular flexibility index (Phi) is 3.02. The van der Waals surface area contributed by atoms with Crippen molar-refractivity contribution in [3.8, 4) is 11.5 Å². The topological polar surface area (TPSA) is 111 Å². The number of hydrogen-bond donors (Lipinski definition) is 2. The van der Waals surface area contributed by atoms with Gasteiger partial charge in [0, 0.05) is 16.6 Å². The van der Waals surface area contributed by atoms with E-state index in [4.69, 9.17) is 10.2 Å². The molecule has 0 bridgehead atoms. The first kappa shape index (κ1) is 14.6. The van der Waals surface area contributed by atoms with Gasteiger partial charge in [-0.25, -0.2) is 14.1 Å². The fourth-order valence-electron chi connectivity index (χ4n) is 2.97. The average molecular weight is 349 g/mol. The van der Waals surface area contributed by atoms with Crippen molar-refractivity contribution in [2.24, 2.45) is 0 Å². The van der Waals surface area contributed by atoms with Crippen LogP contribution in [0.3, 0.4) is 0 Å². The SMILES string of the molecule is Nc1nc(-c2ccco2)c2nnn(Cc3cc4cc(F)ccc4[nH]3)c2n1. The van der Waals surface area contributed by atoms with Crippen molar-refractivity contribution in [1.29, 1.82) is 0 Å². The summed E-state index contributed by atoms with van der Waals surface area (Å²) in [6.45, 7) is 0.376. The number of furan rings is 1. The van der Waals surface area contributed by atoms with Gasteiger partial charge in [-0.1, -0.05) is 5.21 Å². The van der Waals surface area contributed by atoms with Crippen molar-refractivity contribution in [3.05, 3.63) is 54.2 Å². The van der Waals surface area contributed by atoms with Crippen LogP contribution >= 0.6 is 0 Å². The molecule has 0 fully saturated rings. The summed E-state index contributed by atoms with van der Waals surface area (Å²) in [6.07, 6.45) is 1.55. The molecule has 0 saturated carbocycles. The maximum absolute atomic E-state index is 13.4. The molecule has 5 aromatic rings. The van der Waals surface area contributed by atoms with Gasteiger partial charge in [-0.2, -0.15) is 4.98 Å². The van der Waals surface area contributed by atoms with Gasteiger partial charge in [-0.15, -0.1) is 5.10 Å². The number of hydrogen-bond acceptors (Lipinski definition) is 6. The van der Waals surface area contributed by atoms with Gasteiger partial charge in [0.05, 0.1) is 12.8 Å². The fourth-order valence-corrected chi connectivity index (χ4v) is 2.97. The number of H-pyrrole nitrogens is 1. The zero-order chi connectivity index (χ0) is 17.7. The highest BCUT2D eigenvalue weighted by atomic mass is 19.1. The molecule has 4 aromatic heterocycles. The first-order chi connectivity index (χ1) is 12.7. The van der Waals surface area contributed by atoms with E-state index in [0.717, 1.165) is 16.6 Å². The van der Waals surface area contributed by atoms with Crippen LogP contribution in [0.5, 0.6) is 0 Å². The Labute approximate surface area is 145 Å². The molecule has 3 N–H and O–H groups in total. The quantitative estimate of drug-likeness (QED) is 0.518. The first-order valence-electron chi connectivity index (χ1n) is 7.85. The van der Waals surface area contributed by atoms with Crippen LogP contribution in [0.25, 0.3) is 33.5 Å². The molecule has 0 atom stereocenters. The Hall–Kier alpha value is -3.75. The predicted molar refractivity (Wildman–Crippen MR) is 92.6 cm³/mol. The third-order valence-corrected chi connectivity index (χ3v) is 4.09. The minimum Gasteiger partial charge on any atom is -0.463 e. The van der Waals surface area contributed by atoms with Crippen molar-refractivity contribution in [2.75, 3.05) is 5.73 Å². The van der Waals surface area contributed by atoms with Crippen LogP contribution in [0.1, 0.15) is 5.69 Å². The number of halogens is 1. The Bertz CT molecular complexity index is 1240. The lowest BCUT2D eigenvalue weighted by Crippen LogP contribution is -2.05. The second kappa shape index (κ2) is 5.38. The molecule has 0 aliphatic rings. The van der Waals surface area contributed by atoms with Crippen molar-refractivity contribution in [1.82, 2.24) is 29.9 Å². The molecular formula is C17H12FN7O. The van der Waals surface area contributed by atoms with E-state index in [9.17, 15) is 4.39 Å². The summed E-state index contributed by atoms with van der Waals surface area (Å²) in [4.78, 5) is 11.7. The molecule has 0 saturated heterocycles. The largest absolute Gasteiger partial charge is 0.463 e. The predicted octanol–water partition coefficient (Wildman–Crippen LogP) is 2.73. The van der Waals surface area contributed by atoms with Gasteiger partial charge in [-0.3, -0.25) is 0 Å². The lowest BCUT2D eigenvalue weighted by molar-refractivity contribution is 0.580. The standard InChI is InChI=1S/C17H12FN7O/c18-10-3-4-12-9(6-10)7-11(20-12)8-25-16-15(23-24-25)14(21-17(19)22-16)13-2-1-5-26-13/h1-7,20H,8H2,(H2,19,21,22). The second-order valence-corrected chi connectivity index (χ2v) is 5.85. The number of nitrogen functional groups attached to an aromatic ring is 1. The van der Waals surface area contributed by atoms with Crippen molar-refractivity contribution >= 4 is 28.0 Å². The number of anilines is 1. The summed E-state index contributed by atoms with van der Waals surface area (Å²) >= 11 is 0. The molecule has 8 nitrogen and oxygen atoms in total. The summed E-state index contributed by atoms with van der Waals surface area (Å²) in [5.41, 5.74) is 9.01. The number of benzene rings is 1. The van der Waals surface area contributed by atoms with Crippen LogP contribution in [-0.4, -0.2) is 29.9 Å². The van der Waals surface area contributed by atoms with E-state index in [1.165, 1.54) is 12.1 Å². The molecule has 9 heteroatoms. The van der Waals surface area contributed by atoms with Crippen LogP contribution in [0.2, 0.25) is 0 Å². The number of nitrogens with one attached hydrogen (secondary N) is 1. The van der Waals surface area contributed by atoms with Gasteiger partial charge in [0.2, 0.25) is 5.95 Å². The second-order valence-electron chi connectivity index (χ2n) is 5.85. The average Bonchev–Trinajstić information content (AvgIpc) is 3.34. The summed E-state index contributed by atoms with van der Waals surface area (Å²) in [6, 6.07) is 9.98. The van der Waals surface area contributed by atoms with E-state index in [2.05, 4.69) is 25.3 Å². The molecule has 0 amide bonds. The van der Waals surface area contributed by atoms with Gasteiger partial charge in [0.25, 0.3) is 0 Å². The maximum Gasteiger partial charge on any atom is 0.222 e. The lowest BCUT2D eigenvalue weighted by atomic mass is 10.2. The molecule has 1 aromatic carbocycles. The molecule has 0 radical (unpaired) electrons. The van der Waals surface area contributed by atoms with E-state index in [-0.39, 0.29) is 11.8 Å². The van der Waals surface area contributed by atoms with E-state index in [1.54, 1.807) is 29.1 Å². The number of rotatable bonds is 3. The van der Waals surface area contributed by atoms with Gasteiger partial charge in [0.1, 0.15) is 11.5 Å². The van der Waals surface area contributed by atoms with Crippen molar-refractivity contribution in [3.63, 3.8) is 0 Å². The number of aromatic nitrogens is 6. The number of fused-ring (bicyclic) bond motifs is 2. The zero-order valence-corrected chi connectivity index (χ0v) is 13.3. The molecular weight excluding hydrogens is 337 g/mol. The molecule has 0 aliphatic heterocycles. The minimum absolute atomic E-state index is 0.103. The van der Waals surface area contributed by atoms with Gasteiger partial charge in [-0.05, 0) is 36.4 Å². The van der Waals surface area contributed by atoms with E-state index >= 15 is 0 Å². The van der Waals surface area contributed by atoms with Gasteiger partial charge >= 0.3 is 0 Å². The molecule has 26 heavy (non-hydrogen) atoms. The van der Waals surface area contributed by atoms with E-state index in [1.807, 2.05) is 6.07 Å². The van der Waals surface area contributed by atoms with Crippen molar-refractivity contribution in [2.45, 2.75) is 6.54 Å². The highest BCUT2D eigenvalue weighted by Crippen LogP contribution is 2.26. The number of nitrogens with zero attached hydrogens (tertiary/aromatic N) is 5. The van der Waals surface area contributed by atoms with Crippen LogP contribution in [0, 0.1) is 5.82 Å². The maximum atomic E-state index is 13.4. The number of aromatic amines is 1. The van der Waals surface area contributed by atoms with Gasteiger partial charge < -0.3 is 15.1 Å². The normalized spacial score (nSPS) is 11.6. The van der Waals surface area contributed by atoms with Crippen molar-refractivity contribution < 1.29 is 8.81 Å². The third-order valence-electron chi connectivity index (χ3n) is 4.09. The minimum atomic E-state index is -0.280. The Morgan fingerprint density at radius 3 is 2.96 bits per heavy atom. The Morgan fingerprint density at radius 2 is 2.12 bits per heavy atom. The van der Waals surface area contributed by atoms with Crippen LogP contribution in [-0.2, 0) is 6.54 Å².